The van der Waals surface area contributed by atoms with Gasteiger partial charge in [-0.1, -0.05) is 44.5 Å². The van der Waals surface area contributed by atoms with Crippen LogP contribution in [0.15, 0.2) is 24.3 Å². The second kappa shape index (κ2) is 8.83. The SMILES string of the molecule is CCC(CC(C)Cc1ccc(C(F)F)cc1)C(N)CC(=O)O. The van der Waals surface area contributed by atoms with Gasteiger partial charge in [-0.15, -0.1) is 0 Å². The standard InChI is InChI=1S/C17H25F2NO2/c1-3-13(15(20)10-16(21)22)9-11(2)8-12-4-6-14(7-5-12)17(18)19/h4-7,11,13,15,17H,3,8-10,20H2,1-2H3,(H,21,22). The van der Waals surface area contributed by atoms with Crippen molar-refractivity contribution in [2.24, 2.45) is 17.6 Å². The fourth-order valence-corrected chi connectivity index (χ4v) is 2.81. The summed E-state index contributed by atoms with van der Waals surface area (Å²) in [4.78, 5) is 10.8. The third-order valence-electron chi connectivity index (χ3n) is 4.06. The number of hydrogen-bond acceptors (Lipinski definition) is 2. The second-order valence-corrected chi connectivity index (χ2v) is 6.02. The van der Waals surface area contributed by atoms with Crippen molar-refractivity contribution in [1.29, 1.82) is 0 Å². The van der Waals surface area contributed by atoms with Gasteiger partial charge in [0, 0.05) is 11.6 Å². The minimum Gasteiger partial charge on any atom is -0.481 e. The van der Waals surface area contributed by atoms with Crippen LogP contribution in [0.3, 0.4) is 0 Å². The van der Waals surface area contributed by atoms with Crippen molar-refractivity contribution >= 4 is 5.97 Å². The van der Waals surface area contributed by atoms with E-state index in [1.807, 2.05) is 6.92 Å². The van der Waals surface area contributed by atoms with E-state index in [4.69, 9.17) is 10.8 Å². The lowest BCUT2D eigenvalue weighted by Gasteiger charge is -2.24. The second-order valence-electron chi connectivity index (χ2n) is 6.02. The molecule has 124 valence electrons. The van der Waals surface area contributed by atoms with Gasteiger partial charge in [-0.3, -0.25) is 4.79 Å². The van der Waals surface area contributed by atoms with Crippen LogP contribution in [0.5, 0.6) is 0 Å². The van der Waals surface area contributed by atoms with Crippen LogP contribution in [0.1, 0.15) is 50.7 Å². The van der Waals surface area contributed by atoms with Crippen molar-refractivity contribution in [3.05, 3.63) is 35.4 Å². The van der Waals surface area contributed by atoms with Gasteiger partial charge >= 0.3 is 5.97 Å². The molecule has 0 aliphatic rings. The minimum atomic E-state index is -2.44. The maximum Gasteiger partial charge on any atom is 0.304 e. The Kier molecular flexibility index (Phi) is 7.45. The molecule has 0 radical (unpaired) electrons. The molecule has 3 N–H and O–H groups in total. The number of aliphatic carboxylic acids is 1. The summed E-state index contributed by atoms with van der Waals surface area (Å²) in [6.07, 6.45) is -0.0105. The predicted molar refractivity (Wildman–Crippen MR) is 82.9 cm³/mol. The summed E-state index contributed by atoms with van der Waals surface area (Å²) in [5.41, 5.74) is 7.01. The molecule has 0 amide bonds. The summed E-state index contributed by atoms with van der Waals surface area (Å²) in [6.45, 7) is 4.09. The predicted octanol–water partition coefficient (Wildman–Crippen LogP) is 4.02. The van der Waals surface area contributed by atoms with Crippen molar-refractivity contribution in [2.75, 3.05) is 0 Å². The van der Waals surface area contributed by atoms with E-state index in [2.05, 4.69) is 6.92 Å². The topological polar surface area (TPSA) is 63.3 Å². The molecule has 3 atom stereocenters. The van der Waals surface area contributed by atoms with E-state index >= 15 is 0 Å². The van der Waals surface area contributed by atoms with Crippen LogP contribution in [0.25, 0.3) is 0 Å². The van der Waals surface area contributed by atoms with Crippen molar-refractivity contribution in [3.8, 4) is 0 Å². The van der Waals surface area contributed by atoms with Gasteiger partial charge in [0.15, 0.2) is 0 Å². The highest BCUT2D eigenvalue weighted by molar-refractivity contribution is 5.67. The molecule has 3 unspecified atom stereocenters. The molecule has 0 spiro atoms. The van der Waals surface area contributed by atoms with E-state index in [1.165, 1.54) is 12.1 Å². The third kappa shape index (κ3) is 6.10. The Morgan fingerprint density at radius 3 is 2.32 bits per heavy atom. The zero-order valence-electron chi connectivity index (χ0n) is 13.1. The fourth-order valence-electron chi connectivity index (χ4n) is 2.81. The van der Waals surface area contributed by atoms with Crippen LogP contribution in [-0.2, 0) is 11.2 Å². The van der Waals surface area contributed by atoms with Crippen molar-refractivity contribution < 1.29 is 18.7 Å². The summed E-state index contributed by atoms with van der Waals surface area (Å²) >= 11 is 0. The summed E-state index contributed by atoms with van der Waals surface area (Å²) in [5, 5.41) is 8.83. The lowest BCUT2D eigenvalue weighted by atomic mass is 9.84. The first-order valence-corrected chi connectivity index (χ1v) is 7.67. The molecule has 0 aromatic heterocycles. The number of alkyl halides is 2. The average Bonchev–Trinajstić information content (AvgIpc) is 2.44. The molecule has 22 heavy (non-hydrogen) atoms. The summed E-state index contributed by atoms with van der Waals surface area (Å²) < 4.78 is 25.0. The van der Waals surface area contributed by atoms with Gasteiger partial charge in [-0.05, 0) is 30.2 Å². The molecule has 5 heteroatoms. The number of benzene rings is 1. The Balaban J connectivity index is 2.56. The van der Waals surface area contributed by atoms with Gasteiger partial charge in [-0.2, -0.15) is 0 Å². The zero-order valence-corrected chi connectivity index (χ0v) is 13.1. The van der Waals surface area contributed by atoms with Crippen LogP contribution in [0.4, 0.5) is 8.78 Å². The molecule has 1 rings (SSSR count). The van der Waals surface area contributed by atoms with Gasteiger partial charge < -0.3 is 10.8 Å². The Hall–Kier alpha value is -1.49. The minimum absolute atomic E-state index is 0.0195. The Morgan fingerprint density at radius 2 is 1.86 bits per heavy atom. The highest BCUT2D eigenvalue weighted by Crippen LogP contribution is 2.24. The number of nitrogens with two attached hydrogens (primary N) is 1. The van der Waals surface area contributed by atoms with Crippen LogP contribution in [0, 0.1) is 11.8 Å². The van der Waals surface area contributed by atoms with Crippen molar-refractivity contribution in [1.82, 2.24) is 0 Å². The first kappa shape index (κ1) is 18.6. The number of carboxylic acid groups (broad SMARTS) is 1. The number of carboxylic acids is 1. The molecule has 0 saturated carbocycles. The molecule has 1 aromatic rings. The van der Waals surface area contributed by atoms with Crippen LogP contribution in [-0.4, -0.2) is 17.1 Å². The van der Waals surface area contributed by atoms with Crippen LogP contribution < -0.4 is 5.73 Å². The van der Waals surface area contributed by atoms with Crippen LogP contribution in [0.2, 0.25) is 0 Å². The van der Waals surface area contributed by atoms with Gasteiger partial charge in [-0.25, -0.2) is 8.78 Å². The third-order valence-corrected chi connectivity index (χ3v) is 4.06. The molecule has 0 aliphatic carbocycles. The Bertz CT molecular complexity index is 462. The van der Waals surface area contributed by atoms with E-state index in [-0.39, 0.29) is 23.9 Å². The summed E-state index contributed by atoms with van der Waals surface area (Å²) in [7, 11) is 0. The number of hydrogen-bond donors (Lipinski definition) is 2. The van der Waals surface area contributed by atoms with Gasteiger partial charge in [0.1, 0.15) is 0 Å². The molecule has 0 heterocycles. The summed E-state index contributed by atoms with van der Waals surface area (Å²) in [5.74, 6) is -0.394. The average molecular weight is 313 g/mol. The Morgan fingerprint density at radius 1 is 1.27 bits per heavy atom. The monoisotopic (exact) mass is 313 g/mol. The van der Waals surface area contributed by atoms with Gasteiger partial charge in [0.2, 0.25) is 0 Å². The smallest absolute Gasteiger partial charge is 0.304 e. The lowest BCUT2D eigenvalue weighted by molar-refractivity contribution is -0.137. The molecule has 0 aliphatic heterocycles. The van der Waals surface area contributed by atoms with E-state index in [0.717, 1.165) is 24.8 Å². The molecule has 0 saturated heterocycles. The quantitative estimate of drug-likeness (QED) is 0.723. The molecular formula is C17H25F2NO2. The van der Waals surface area contributed by atoms with Crippen molar-refractivity contribution in [2.45, 2.75) is 52.0 Å². The maximum absolute atomic E-state index is 12.5. The van der Waals surface area contributed by atoms with Crippen LogP contribution >= 0.6 is 0 Å². The Labute approximate surface area is 130 Å². The van der Waals surface area contributed by atoms with Gasteiger partial charge in [0.05, 0.1) is 6.42 Å². The number of carbonyl (C=O) groups is 1. The number of rotatable bonds is 9. The van der Waals surface area contributed by atoms with E-state index in [0.29, 0.717) is 5.92 Å². The zero-order chi connectivity index (χ0) is 16.7. The van der Waals surface area contributed by atoms with E-state index < -0.39 is 12.4 Å². The lowest BCUT2D eigenvalue weighted by Crippen LogP contribution is -2.33. The first-order valence-electron chi connectivity index (χ1n) is 7.67. The maximum atomic E-state index is 12.5. The molecule has 0 bridgehead atoms. The largest absolute Gasteiger partial charge is 0.481 e. The summed E-state index contributed by atoms with van der Waals surface area (Å²) in [6, 6.07) is 6.04. The molecular weight excluding hydrogens is 288 g/mol. The fraction of sp³-hybridized carbons (Fsp3) is 0.588. The molecule has 1 aromatic carbocycles. The molecule has 0 fully saturated rings. The normalized spacial score (nSPS) is 15.5. The molecule has 3 nitrogen and oxygen atoms in total. The first-order chi connectivity index (χ1) is 10.3. The van der Waals surface area contributed by atoms with Gasteiger partial charge in [0.25, 0.3) is 6.43 Å². The number of halogens is 2. The van der Waals surface area contributed by atoms with E-state index in [9.17, 15) is 13.6 Å². The van der Waals surface area contributed by atoms with E-state index in [1.54, 1.807) is 12.1 Å². The highest BCUT2D eigenvalue weighted by atomic mass is 19.3. The highest BCUT2D eigenvalue weighted by Gasteiger charge is 2.21. The van der Waals surface area contributed by atoms with Crippen molar-refractivity contribution in [3.63, 3.8) is 0 Å².